The minimum atomic E-state index is -0.380. The van der Waals surface area contributed by atoms with Crippen LogP contribution in [0.1, 0.15) is 39.0 Å². The number of ether oxygens (including phenoxy) is 1. The second-order valence-corrected chi connectivity index (χ2v) is 5.35. The Morgan fingerprint density at radius 2 is 2.05 bits per heavy atom. The van der Waals surface area contributed by atoms with Crippen LogP contribution in [0.15, 0.2) is 0 Å². The molecule has 1 aliphatic rings. The number of nitrogens with two attached hydrogens (primary N) is 1. The van der Waals surface area contributed by atoms with Crippen LogP contribution in [0.25, 0.3) is 0 Å². The van der Waals surface area contributed by atoms with Crippen LogP contribution < -0.4 is 11.1 Å². The molecule has 116 valence electrons. The maximum Gasteiger partial charge on any atom is 0.246 e. The average molecular weight is 285 g/mol. The highest BCUT2D eigenvalue weighted by Crippen LogP contribution is 2.12. The maximum absolute atomic E-state index is 12.1. The summed E-state index contributed by atoms with van der Waals surface area (Å²) in [6, 6.07) is -0.247. The number of hydrogen-bond donors (Lipinski definition) is 2. The highest BCUT2D eigenvalue weighted by Gasteiger charge is 2.26. The van der Waals surface area contributed by atoms with Crippen molar-refractivity contribution in [3.63, 3.8) is 0 Å². The van der Waals surface area contributed by atoms with E-state index in [1.54, 1.807) is 0 Å². The van der Waals surface area contributed by atoms with Crippen LogP contribution >= 0.6 is 0 Å². The van der Waals surface area contributed by atoms with Crippen molar-refractivity contribution < 1.29 is 14.3 Å². The Morgan fingerprint density at radius 1 is 1.40 bits per heavy atom. The molecule has 0 aromatic carbocycles. The predicted molar refractivity (Wildman–Crippen MR) is 77.1 cm³/mol. The fraction of sp³-hybridized carbons (Fsp3) is 0.857. The SMILES string of the molecule is CCCCC(N)C(=O)N1CCC(NC(=O)COC)CC1. The zero-order valence-corrected chi connectivity index (χ0v) is 12.6. The summed E-state index contributed by atoms with van der Waals surface area (Å²) in [6.45, 7) is 3.50. The van der Waals surface area contributed by atoms with E-state index in [1.807, 2.05) is 4.90 Å². The standard InChI is InChI=1S/C14H27N3O3/c1-3-4-5-12(15)14(19)17-8-6-11(7-9-17)16-13(18)10-20-2/h11-12H,3-10,15H2,1-2H3,(H,16,18). The van der Waals surface area contributed by atoms with Crippen LogP contribution in [0, 0.1) is 0 Å². The molecular weight excluding hydrogens is 258 g/mol. The highest BCUT2D eigenvalue weighted by molar-refractivity contribution is 5.81. The van der Waals surface area contributed by atoms with E-state index in [1.165, 1.54) is 7.11 Å². The third kappa shape index (κ3) is 5.46. The zero-order valence-electron chi connectivity index (χ0n) is 12.6. The maximum atomic E-state index is 12.1. The molecule has 0 radical (unpaired) electrons. The van der Waals surface area contributed by atoms with E-state index >= 15 is 0 Å². The summed E-state index contributed by atoms with van der Waals surface area (Å²) in [6.07, 6.45) is 4.34. The number of rotatable bonds is 7. The lowest BCUT2D eigenvalue weighted by Gasteiger charge is -2.33. The van der Waals surface area contributed by atoms with Gasteiger partial charge in [-0.2, -0.15) is 0 Å². The number of methoxy groups -OCH3 is 1. The molecule has 6 nitrogen and oxygen atoms in total. The van der Waals surface area contributed by atoms with Gasteiger partial charge in [0.05, 0.1) is 6.04 Å². The third-order valence-electron chi connectivity index (χ3n) is 3.63. The van der Waals surface area contributed by atoms with Gasteiger partial charge in [-0.25, -0.2) is 0 Å². The van der Waals surface area contributed by atoms with Gasteiger partial charge in [-0.3, -0.25) is 9.59 Å². The molecule has 0 aliphatic carbocycles. The van der Waals surface area contributed by atoms with E-state index in [9.17, 15) is 9.59 Å². The van der Waals surface area contributed by atoms with Crippen molar-refractivity contribution in [1.82, 2.24) is 10.2 Å². The van der Waals surface area contributed by atoms with Crippen LogP contribution in [0.5, 0.6) is 0 Å². The van der Waals surface area contributed by atoms with E-state index in [-0.39, 0.29) is 30.5 Å². The smallest absolute Gasteiger partial charge is 0.246 e. The lowest BCUT2D eigenvalue weighted by Crippen LogP contribution is -2.51. The van der Waals surface area contributed by atoms with Crippen LogP contribution in [0.2, 0.25) is 0 Å². The van der Waals surface area contributed by atoms with Gasteiger partial charge in [0.15, 0.2) is 0 Å². The highest BCUT2D eigenvalue weighted by atomic mass is 16.5. The van der Waals surface area contributed by atoms with Gasteiger partial charge in [0.1, 0.15) is 6.61 Å². The van der Waals surface area contributed by atoms with Crippen molar-refractivity contribution in [2.24, 2.45) is 5.73 Å². The lowest BCUT2D eigenvalue weighted by molar-refractivity contribution is -0.134. The molecule has 0 aromatic heterocycles. The molecule has 2 amide bonds. The number of nitrogens with one attached hydrogen (secondary N) is 1. The monoisotopic (exact) mass is 285 g/mol. The normalized spacial score (nSPS) is 17.9. The Balaban J connectivity index is 2.30. The minimum absolute atomic E-state index is 0.0418. The van der Waals surface area contributed by atoms with E-state index in [0.29, 0.717) is 13.1 Å². The van der Waals surface area contributed by atoms with Crippen LogP contribution in [-0.2, 0) is 14.3 Å². The number of likely N-dealkylation sites (tertiary alicyclic amines) is 1. The Kier molecular flexibility index (Phi) is 7.54. The summed E-state index contributed by atoms with van der Waals surface area (Å²) in [4.78, 5) is 25.4. The number of hydrogen-bond acceptors (Lipinski definition) is 4. The number of carbonyl (C=O) groups is 2. The molecule has 0 bridgehead atoms. The van der Waals surface area contributed by atoms with Crippen LogP contribution in [-0.4, -0.2) is 55.6 Å². The number of carbonyl (C=O) groups excluding carboxylic acids is 2. The predicted octanol–water partition coefficient (Wildman–Crippen LogP) is 0.258. The molecule has 20 heavy (non-hydrogen) atoms. The fourth-order valence-corrected chi connectivity index (χ4v) is 2.43. The largest absolute Gasteiger partial charge is 0.375 e. The first-order chi connectivity index (χ1) is 9.58. The van der Waals surface area contributed by atoms with Crippen molar-refractivity contribution in [2.45, 2.75) is 51.1 Å². The Bertz CT molecular complexity index is 315. The molecule has 6 heteroatoms. The van der Waals surface area contributed by atoms with E-state index < -0.39 is 0 Å². The molecule has 0 spiro atoms. The van der Waals surface area contributed by atoms with Crippen LogP contribution in [0.3, 0.4) is 0 Å². The van der Waals surface area contributed by atoms with Crippen LogP contribution in [0.4, 0.5) is 0 Å². The van der Waals surface area contributed by atoms with E-state index in [2.05, 4.69) is 12.2 Å². The number of nitrogens with zero attached hydrogens (tertiary/aromatic N) is 1. The van der Waals surface area contributed by atoms with Gasteiger partial charge in [-0.1, -0.05) is 19.8 Å². The molecule has 3 N–H and O–H groups in total. The summed E-state index contributed by atoms with van der Waals surface area (Å²) in [7, 11) is 1.50. The zero-order chi connectivity index (χ0) is 15.0. The average Bonchev–Trinajstić information content (AvgIpc) is 2.45. The van der Waals surface area contributed by atoms with Gasteiger partial charge in [0.2, 0.25) is 11.8 Å². The van der Waals surface area contributed by atoms with Crippen molar-refractivity contribution in [2.75, 3.05) is 26.8 Å². The van der Waals surface area contributed by atoms with E-state index in [4.69, 9.17) is 10.5 Å². The second-order valence-electron chi connectivity index (χ2n) is 5.35. The van der Waals surface area contributed by atoms with Gasteiger partial charge in [-0.15, -0.1) is 0 Å². The molecule has 0 saturated carbocycles. The molecule has 1 rings (SSSR count). The van der Waals surface area contributed by atoms with Gasteiger partial charge in [0.25, 0.3) is 0 Å². The quantitative estimate of drug-likeness (QED) is 0.702. The summed E-state index contributed by atoms with van der Waals surface area (Å²) in [5, 5.41) is 2.91. The van der Waals surface area contributed by atoms with Crippen molar-refractivity contribution >= 4 is 11.8 Å². The summed E-state index contributed by atoms with van der Waals surface area (Å²) < 4.78 is 4.78. The van der Waals surface area contributed by atoms with Gasteiger partial charge < -0.3 is 20.7 Å². The third-order valence-corrected chi connectivity index (χ3v) is 3.63. The Morgan fingerprint density at radius 3 is 2.60 bits per heavy atom. The fourth-order valence-electron chi connectivity index (χ4n) is 2.43. The van der Waals surface area contributed by atoms with Gasteiger partial charge in [0, 0.05) is 26.2 Å². The number of piperidine rings is 1. The molecule has 1 heterocycles. The molecular formula is C14H27N3O3. The first-order valence-corrected chi connectivity index (χ1v) is 7.41. The van der Waals surface area contributed by atoms with Crippen molar-refractivity contribution in [1.29, 1.82) is 0 Å². The number of unbranched alkanes of at least 4 members (excludes halogenated alkanes) is 1. The molecule has 1 fully saturated rings. The number of amides is 2. The van der Waals surface area contributed by atoms with Crippen molar-refractivity contribution in [3.05, 3.63) is 0 Å². The van der Waals surface area contributed by atoms with E-state index in [0.717, 1.165) is 32.1 Å². The molecule has 1 unspecified atom stereocenters. The summed E-state index contributed by atoms with van der Waals surface area (Å²) >= 11 is 0. The Labute approximate surface area is 121 Å². The molecule has 1 atom stereocenters. The first kappa shape index (κ1) is 16.9. The molecule has 1 saturated heterocycles. The summed E-state index contributed by atoms with van der Waals surface area (Å²) in [5.41, 5.74) is 5.91. The first-order valence-electron chi connectivity index (χ1n) is 7.41. The lowest BCUT2D eigenvalue weighted by atomic mass is 10.0. The summed E-state index contributed by atoms with van der Waals surface area (Å²) in [5.74, 6) is -0.0583. The van der Waals surface area contributed by atoms with Gasteiger partial charge in [-0.05, 0) is 19.3 Å². The Hall–Kier alpha value is -1.14. The minimum Gasteiger partial charge on any atom is -0.375 e. The topological polar surface area (TPSA) is 84.7 Å². The van der Waals surface area contributed by atoms with Gasteiger partial charge >= 0.3 is 0 Å². The van der Waals surface area contributed by atoms with Crippen molar-refractivity contribution in [3.8, 4) is 0 Å². The molecule has 1 aliphatic heterocycles. The second kappa shape index (κ2) is 8.92. The molecule has 0 aromatic rings.